The Labute approximate surface area is 118 Å². The van der Waals surface area contributed by atoms with Gasteiger partial charge in [-0.15, -0.1) is 11.3 Å². The molecule has 5 nitrogen and oxygen atoms in total. The van der Waals surface area contributed by atoms with Crippen LogP contribution >= 0.6 is 11.3 Å². The summed E-state index contributed by atoms with van der Waals surface area (Å²) in [6.07, 6.45) is 4.55. The summed E-state index contributed by atoms with van der Waals surface area (Å²) >= 11 is 1.47. The average Bonchev–Trinajstić information content (AvgIpc) is 2.77. The molecule has 1 aliphatic rings. The van der Waals surface area contributed by atoms with Crippen LogP contribution in [0, 0.1) is 6.92 Å². The summed E-state index contributed by atoms with van der Waals surface area (Å²) in [4.78, 5) is 18.5. The van der Waals surface area contributed by atoms with Gasteiger partial charge in [0.05, 0.1) is 12.2 Å². The number of rotatable bonds is 5. The topological polar surface area (TPSA) is 71.2 Å². The first-order valence-corrected chi connectivity index (χ1v) is 7.73. The highest BCUT2D eigenvalue weighted by atomic mass is 32.1. The predicted molar refractivity (Wildman–Crippen MR) is 78.4 cm³/mol. The highest BCUT2D eigenvalue weighted by molar-refractivity contribution is 7.13. The SMILES string of the molecule is Cc1csc(NC(=O)CN2CCCCC2CCN)n1. The minimum Gasteiger partial charge on any atom is -0.330 e. The molecule has 1 fully saturated rings. The van der Waals surface area contributed by atoms with Crippen molar-refractivity contribution in [2.75, 3.05) is 25.0 Å². The van der Waals surface area contributed by atoms with Gasteiger partial charge in [0.2, 0.25) is 5.91 Å². The fourth-order valence-electron chi connectivity index (χ4n) is 2.54. The number of likely N-dealkylation sites (tertiary alicyclic amines) is 1. The highest BCUT2D eigenvalue weighted by Crippen LogP contribution is 2.19. The maximum atomic E-state index is 12.0. The van der Waals surface area contributed by atoms with E-state index in [1.807, 2.05) is 12.3 Å². The number of aromatic nitrogens is 1. The first-order valence-electron chi connectivity index (χ1n) is 6.85. The minimum absolute atomic E-state index is 0.0262. The number of nitrogens with zero attached hydrogens (tertiary/aromatic N) is 2. The summed E-state index contributed by atoms with van der Waals surface area (Å²) in [5, 5.41) is 5.50. The van der Waals surface area contributed by atoms with Gasteiger partial charge in [-0.2, -0.15) is 0 Å². The van der Waals surface area contributed by atoms with Crippen molar-refractivity contribution in [3.8, 4) is 0 Å². The lowest BCUT2D eigenvalue weighted by Crippen LogP contribution is -2.44. The lowest BCUT2D eigenvalue weighted by Gasteiger charge is -2.34. The number of anilines is 1. The van der Waals surface area contributed by atoms with E-state index in [0.29, 0.717) is 24.3 Å². The molecule has 2 rings (SSSR count). The number of amides is 1. The zero-order chi connectivity index (χ0) is 13.7. The van der Waals surface area contributed by atoms with Crippen LogP contribution in [0.1, 0.15) is 31.4 Å². The van der Waals surface area contributed by atoms with Gasteiger partial charge in [0.1, 0.15) is 0 Å². The number of carbonyl (C=O) groups excluding carboxylic acids is 1. The van der Waals surface area contributed by atoms with Crippen LogP contribution in [0.25, 0.3) is 0 Å². The molecule has 3 N–H and O–H groups in total. The van der Waals surface area contributed by atoms with Crippen LogP contribution in [0.3, 0.4) is 0 Å². The fraction of sp³-hybridized carbons (Fsp3) is 0.692. The summed E-state index contributed by atoms with van der Waals surface area (Å²) in [5.74, 6) is 0.0262. The van der Waals surface area contributed by atoms with Crippen LogP contribution in [0.5, 0.6) is 0 Å². The number of nitrogens with two attached hydrogens (primary N) is 1. The molecule has 1 atom stereocenters. The maximum Gasteiger partial charge on any atom is 0.240 e. The number of piperidine rings is 1. The fourth-order valence-corrected chi connectivity index (χ4v) is 3.25. The molecule has 1 aliphatic heterocycles. The van der Waals surface area contributed by atoms with Gasteiger partial charge >= 0.3 is 0 Å². The Bertz CT molecular complexity index is 419. The predicted octanol–water partition coefficient (Wildman–Crippen LogP) is 1.59. The number of hydrogen-bond acceptors (Lipinski definition) is 5. The molecule has 6 heteroatoms. The largest absolute Gasteiger partial charge is 0.330 e. The number of thiazole rings is 1. The van der Waals surface area contributed by atoms with Crippen molar-refractivity contribution >= 4 is 22.4 Å². The summed E-state index contributed by atoms with van der Waals surface area (Å²) in [5.41, 5.74) is 6.59. The zero-order valence-corrected chi connectivity index (χ0v) is 12.2. The van der Waals surface area contributed by atoms with Gasteiger partial charge in [-0.05, 0) is 39.3 Å². The average molecular weight is 282 g/mol. The third kappa shape index (κ3) is 4.26. The Hall–Kier alpha value is -0.980. The second-order valence-corrected chi connectivity index (χ2v) is 5.90. The molecule has 1 aromatic rings. The number of hydrogen-bond donors (Lipinski definition) is 2. The van der Waals surface area contributed by atoms with E-state index in [9.17, 15) is 4.79 Å². The van der Waals surface area contributed by atoms with Crippen LogP contribution in [0.2, 0.25) is 0 Å². The van der Waals surface area contributed by atoms with Crippen LogP contribution in [0.4, 0.5) is 5.13 Å². The van der Waals surface area contributed by atoms with E-state index in [2.05, 4.69) is 15.2 Å². The van der Waals surface area contributed by atoms with Gasteiger partial charge in [-0.3, -0.25) is 9.69 Å². The molecule has 1 amide bonds. The van der Waals surface area contributed by atoms with E-state index in [0.717, 1.165) is 25.1 Å². The normalized spacial score (nSPS) is 20.4. The van der Waals surface area contributed by atoms with Gasteiger partial charge < -0.3 is 11.1 Å². The Balaban J connectivity index is 1.86. The van der Waals surface area contributed by atoms with E-state index in [-0.39, 0.29) is 5.91 Å². The van der Waals surface area contributed by atoms with Crippen molar-refractivity contribution < 1.29 is 4.79 Å². The van der Waals surface area contributed by atoms with Gasteiger partial charge in [0.25, 0.3) is 0 Å². The van der Waals surface area contributed by atoms with E-state index in [1.165, 1.54) is 24.2 Å². The van der Waals surface area contributed by atoms with Crippen molar-refractivity contribution in [1.82, 2.24) is 9.88 Å². The summed E-state index contributed by atoms with van der Waals surface area (Å²) in [6.45, 7) is 4.06. The van der Waals surface area contributed by atoms with Crippen LogP contribution < -0.4 is 11.1 Å². The second kappa shape index (κ2) is 6.98. The van der Waals surface area contributed by atoms with E-state index in [1.54, 1.807) is 0 Å². The van der Waals surface area contributed by atoms with Gasteiger partial charge in [-0.25, -0.2) is 4.98 Å². The lowest BCUT2D eigenvalue weighted by molar-refractivity contribution is -0.118. The number of carbonyl (C=O) groups is 1. The van der Waals surface area contributed by atoms with Crippen molar-refractivity contribution in [3.63, 3.8) is 0 Å². The molecular formula is C13H22N4OS. The maximum absolute atomic E-state index is 12.0. The molecule has 2 heterocycles. The van der Waals surface area contributed by atoms with Gasteiger partial charge in [0.15, 0.2) is 5.13 Å². The second-order valence-electron chi connectivity index (χ2n) is 5.04. The van der Waals surface area contributed by atoms with E-state index in [4.69, 9.17) is 5.73 Å². The molecule has 1 unspecified atom stereocenters. The molecule has 0 saturated carbocycles. The first-order chi connectivity index (χ1) is 9.19. The third-order valence-corrected chi connectivity index (χ3v) is 4.34. The molecule has 1 aromatic heterocycles. The minimum atomic E-state index is 0.0262. The third-order valence-electron chi connectivity index (χ3n) is 3.46. The standard InChI is InChI=1S/C13H22N4OS/c1-10-9-19-13(15-10)16-12(18)8-17-7-3-2-4-11(17)5-6-14/h9,11H,2-8,14H2,1H3,(H,15,16,18). The zero-order valence-electron chi connectivity index (χ0n) is 11.4. The summed E-state index contributed by atoms with van der Waals surface area (Å²) in [7, 11) is 0. The molecule has 0 bridgehead atoms. The number of nitrogens with one attached hydrogen (secondary N) is 1. The van der Waals surface area contributed by atoms with Crippen molar-refractivity contribution in [2.45, 2.75) is 38.6 Å². The monoisotopic (exact) mass is 282 g/mol. The molecule has 1 saturated heterocycles. The van der Waals surface area contributed by atoms with Crippen molar-refractivity contribution in [1.29, 1.82) is 0 Å². The molecule has 0 spiro atoms. The number of aryl methyl sites for hydroxylation is 1. The quantitative estimate of drug-likeness (QED) is 0.860. The molecule has 19 heavy (non-hydrogen) atoms. The van der Waals surface area contributed by atoms with E-state index < -0.39 is 0 Å². The Morgan fingerprint density at radius 1 is 1.63 bits per heavy atom. The molecule has 0 aliphatic carbocycles. The Morgan fingerprint density at radius 2 is 2.47 bits per heavy atom. The molecule has 0 aromatic carbocycles. The van der Waals surface area contributed by atoms with Crippen molar-refractivity contribution in [2.24, 2.45) is 5.73 Å². The van der Waals surface area contributed by atoms with Crippen molar-refractivity contribution in [3.05, 3.63) is 11.1 Å². The lowest BCUT2D eigenvalue weighted by atomic mass is 9.99. The van der Waals surface area contributed by atoms with Gasteiger partial charge in [0, 0.05) is 11.4 Å². The Morgan fingerprint density at radius 3 is 3.16 bits per heavy atom. The molecule has 106 valence electrons. The molecule has 0 radical (unpaired) electrons. The van der Waals surface area contributed by atoms with Gasteiger partial charge in [-0.1, -0.05) is 6.42 Å². The van der Waals surface area contributed by atoms with Crippen LogP contribution in [-0.4, -0.2) is 41.5 Å². The summed E-state index contributed by atoms with van der Waals surface area (Å²) in [6, 6.07) is 0.461. The Kier molecular flexibility index (Phi) is 5.30. The van der Waals surface area contributed by atoms with Crippen LogP contribution in [0.15, 0.2) is 5.38 Å². The molecular weight excluding hydrogens is 260 g/mol. The van der Waals surface area contributed by atoms with E-state index >= 15 is 0 Å². The first kappa shape index (κ1) is 14.4. The summed E-state index contributed by atoms with van der Waals surface area (Å²) < 4.78 is 0. The highest BCUT2D eigenvalue weighted by Gasteiger charge is 2.23. The smallest absolute Gasteiger partial charge is 0.240 e. The van der Waals surface area contributed by atoms with Crippen LogP contribution in [-0.2, 0) is 4.79 Å².